The van der Waals surface area contributed by atoms with Gasteiger partial charge in [-0.05, 0) is 138 Å². The molecule has 4 N–H and O–H groups in total. The van der Waals surface area contributed by atoms with Gasteiger partial charge in [0.25, 0.3) is 27.5 Å². The van der Waals surface area contributed by atoms with Crippen LogP contribution in [0.25, 0.3) is 11.0 Å². The normalized spacial score (nSPS) is 24.6. The molecule has 3 aliphatic carbocycles. The number of piperidine rings is 1. The number of rotatable bonds is 13. The van der Waals surface area contributed by atoms with E-state index < -0.39 is 42.9 Å². The predicted molar refractivity (Wildman–Crippen MR) is 261 cm³/mol. The summed E-state index contributed by atoms with van der Waals surface area (Å²) in [5, 5.41) is 26.3. The molecule has 3 aromatic carbocycles. The molecule has 11 rings (SSSR count). The number of benzene rings is 3. The van der Waals surface area contributed by atoms with Gasteiger partial charge in [-0.1, -0.05) is 24.3 Å². The molecule has 3 saturated carbocycles. The smallest absolute Gasteiger partial charge is 0.297 e. The number of sulfonamides is 1. The zero-order valence-corrected chi connectivity index (χ0v) is 40.4. The maximum Gasteiger partial charge on any atom is 0.297 e. The lowest BCUT2D eigenvalue weighted by Crippen LogP contribution is -2.54. The minimum absolute atomic E-state index is 0.00635. The molecular weight excluding hydrogens is 918 g/mol. The van der Waals surface area contributed by atoms with Crippen molar-refractivity contribution in [3.63, 3.8) is 0 Å². The van der Waals surface area contributed by atoms with E-state index in [1.807, 2.05) is 0 Å². The van der Waals surface area contributed by atoms with Crippen molar-refractivity contribution in [3.8, 4) is 23.1 Å². The van der Waals surface area contributed by atoms with Gasteiger partial charge in [0.1, 0.15) is 23.8 Å². The van der Waals surface area contributed by atoms with E-state index in [-0.39, 0.29) is 76.0 Å². The molecule has 2 atom stereocenters. The molecule has 5 heterocycles. The Hall–Kier alpha value is -5.98. The van der Waals surface area contributed by atoms with E-state index in [0.717, 1.165) is 57.1 Å². The highest BCUT2D eigenvalue weighted by Crippen LogP contribution is 2.55. The number of aromatic amines is 1. The molecule has 0 unspecified atom stereocenters. The topological polar surface area (TPSA) is 201 Å². The molecule has 370 valence electrons. The molecule has 1 amide bonds. The second-order valence-corrected chi connectivity index (χ2v) is 22.5. The van der Waals surface area contributed by atoms with Crippen molar-refractivity contribution >= 4 is 44.0 Å². The van der Waals surface area contributed by atoms with Crippen molar-refractivity contribution in [2.75, 3.05) is 43.1 Å². The Labute approximate surface area is 406 Å². The Morgan fingerprint density at radius 1 is 1.00 bits per heavy atom. The Kier molecular flexibility index (Phi) is 11.9. The summed E-state index contributed by atoms with van der Waals surface area (Å²) < 4.78 is 63.4. The number of amides is 1. The summed E-state index contributed by atoms with van der Waals surface area (Å²) in [7, 11) is -4.75. The molecular formula is C52H60FN7O9S. The highest BCUT2D eigenvalue weighted by molar-refractivity contribution is 7.90. The van der Waals surface area contributed by atoms with Gasteiger partial charge in [-0.3, -0.25) is 19.8 Å². The maximum absolute atomic E-state index is 14.9. The molecule has 5 aromatic rings. The van der Waals surface area contributed by atoms with Crippen molar-refractivity contribution in [1.29, 1.82) is 0 Å². The van der Waals surface area contributed by atoms with Crippen LogP contribution in [0.2, 0.25) is 0 Å². The number of nitrogens with one attached hydrogen (secondary N) is 3. The van der Waals surface area contributed by atoms with Crippen molar-refractivity contribution in [3.05, 3.63) is 99.5 Å². The number of nitro benzene ring substituents is 1. The molecule has 18 heteroatoms. The van der Waals surface area contributed by atoms with E-state index in [1.165, 1.54) is 55.6 Å². The number of likely N-dealkylation sites (tertiary alicyclic amines) is 1. The number of ether oxygens (including phenoxy) is 3. The summed E-state index contributed by atoms with van der Waals surface area (Å²) in [6, 6.07) is 18.3. The molecule has 70 heavy (non-hydrogen) atoms. The molecule has 6 aliphatic rings. The van der Waals surface area contributed by atoms with Crippen LogP contribution >= 0.6 is 0 Å². The summed E-state index contributed by atoms with van der Waals surface area (Å²) in [4.78, 5) is 37.7. The Morgan fingerprint density at radius 2 is 1.76 bits per heavy atom. The molecule has 16 nitrogen and oxygen atoms in total. The lowest BCUT2D eigenvalue weighted by molar-refractivity contribution is -0.384. The van der Waals surface area contributed by atoms with Gasteiger partial charge in [-0.2, -0.15) is 4.98 Å². The number of hydrogen-bond donors (Lipinski definition) is 4. The van der Waals surface area contributed by atoms with E-state index in [4.69, 9.17) is 14.2 Å². The number of anilines is 2. The number of fused-ring (bicyclic) bond motifs is 2. The number of nitrogens with zero attached hydrogens (tertiary/aromatic N) is 4. The summed E-state index contributed by atoms with van der Waals surface area (Å²) in [5.74, 6) is -0.864. The van der Waals surface area contributed by atoms with E-state index >= 15 is 0 Å². The van der Waals surface area contributed by atoms with Crippen molar-refractivity contribution in [1.82, 2.24) is 19.6 Å². The van der Waals surface area contributed by atoms with Gasteiger partial charge in [0, 0.05) is 61.3 Å². The number of carbonyl (C=O) groups is 1. The molecule has 2 aromatic heterocycles. The van der Waals surface area contributed by atoms with E-state index in [0.29, 0.717) is 43.7 Å². The van der Waals surface area contributed by atoms with Crippen LogP contribution in [0.1, 0.15) is 124 Å². The fraction of sp³-hybridized carbons (Fsp3) is 0.500. The number of nitro groups is 1. The number of pyridine rings is 1. The maximum atomic E-state index is 14.9. The fourth-order valence-corrected chi connectivity index (χ4v) is 13.0. The summed E-state index contributed by atoms with van der Waals surface area (Å²) in [5.41, 5.74) is 2.91. The third-order valence-electron chi connectivity index (χ3n) is 16.1. The zero-order valence-electron chi connectivity index (χ0n) is 39.5. The molecule has 0 bridgehead atoms. The van der Waals surface area contributed by atoms with Crippen molar-refractivity contribution < 1.29 is 41.8 Å². The monoisotopic (exact) mass is 977 g/mol. The molecule has 1 spiro atoms. The van der Waals surface area contributed by atoms with Gasteiger partial charge in [0.05, 0.1) is 39.0 Å². The lowest BCUT2D eigenvalue weighted by Gasteiger charge is -2.56. The van der Waals surface area contributed by atoms with Gasteiger partial charge in [-0.15, -0.1) is 0 Å². The van der Waals surface area contributed by atoms with Gasteiger partial charge < -0.3 is 34.5 Å². The third kappa shape index (κ3) is 8.91. The number of H-pyrrole nitrogens is 1. The van der Waals surface area contributed by atoms with Crippen molar-refractivity contribution in [2.45, 2.75) is 125 Å². The Morgan fingerprint density at radius 3 is 2.49 bits per heavy atom. The molecule has 2 saturated heterocycles. The van der Waals surface area contributed by atoms with Gasteiger partial charge in [0.2, 0.25) is 0 Å². The molecule has 3 aliphatic heterocycles. The number of aliphatic hydroxyl groups is 1. The highest BCUT2D eigenvalue weighted by atomic mass is 32.2. The quantitative estimate of drug-likeness (QED) is 0.0643. The summed E-state index contributed by atoms with van der Waals surface area (Å²) >= 11 is 0. The number of hydrogen-bond acceptors (Lipinski definition) is 13. The minimum atomic E-state index is -4.75. The Balaban J connectivity index is 0.833. The second-order valence-electron chi connectivity index (χ2n) is 20.8. The standard InChI is InChI=1S/C52H60FN7O9S/c1-3-67-50-46(26-39-40(53)29-54-48(39)56-50)69-44-23-33(58-21-18-52(19-22-58)27-34(28-52)59-20-6-9-42(59)37-8-5-4-7-36(37)31-10-11-31)12-13-38(44)49(61)57-70(65,66)35-24-43(60(63)64)47-45(25-35)68-30-41(55-47)32-14-16-51(2,62)17-15-32/h4-5,7-8,12-13,23-26,29,31-32,34,41-42,55,62H,3,6,9-11,14-22,27-28,30H2,1-2H3,(H,54,56)(H,57,61)/t32-,41-,42-,51-/m1/s1. The van der Waals surface area contributed by atoms with Gasteiger partial charge in [0.15, 0.2) is 17.2 Å². The average molecular weight is 978 g/mol. The average Bonchev–Trinajstić information content (AvgIpc) is 3.97. The number of carbonyl (C=O) groups excluding carboxylic acids is 1. The van der Waals surface area contributed by atoms with E-state index in [1.54, 1.807) is 31.5 Å². The minimum Gasteiger partial charge on any atom is -0.489 e. The predicted octanol–water partition coefficient (Wildman–Crippen LogP) is 9.50. The van der Waals surface area contributed by atoms with Crippen LogP contribution in [0.15, 0.2) is 71.8 Å². The van der Waals surface area contributed by atoms with E-state index in [2.05, 4.69) is 54.1 Å². The SMILES string of the molecule is CCOc1nc2[nH]cc(F)c2cc1Oc1cc(N2CCC3(CC2)CC(N2CCC[C@@H]2c2ccccc2C2CC2)C3)ccc1C(=O)NS(=O)(=O)c1cc2c(c([N+](=O)[O-])c1)N[C@@H]([C@H]1CC[C@](C)(O)CC1)CO2. The van der Waals surface area contributed by atoms with Gasteiger partial charge in [-0.25, -0.2) is 17.5 Å². The first-order valence-electron chi connectivity index (χ1n) is 24.9. The molecule has 0 radical (unpaired) electrons. The molecule has 5 fully saturated rings. The van der Waals surface area contributed by atoms with Crippen LogP contribution in [-0.2, 0) is 10.0 Å². The largest absolute Gasteiger partial charge is 0.489 e. The van der Waals surface area contributed by atoms with Crippen LogP contribution in [0.3, 0.4) is 0 Å². The van der Waals surface area contributed by atoms with Crippen LogP contribution in [0, 0.1) is 27.3 Å². The highest BCUT2D eigenvalue weighted by Gasteiger charge is 2.50. The van der Waals surface area contributed by atoms with E-state index in [9.17, 15) is 32.8 Å². The summed E-state index contributed by atoms with van der Waals surface area (Å²) in [6.07, 6.45) is 13.0. The first kappa shape index (κ1) is 46.4. The summed E-state index contributed by atoms with van der Waals surface area (Å²) in [6.45, 7) is 6.55. The third-order valence-corrected chi connectivity index (χ3v) is 17.4. The van der Waals surface area contributed by atoms with Crippen LogP contribution in [0.4, 0.5) is 21.5 Å². The zero-order chi connectivity index (χ0) is 48.5. The van der Waals surface area contributed by atoms with Crippen LogP contribution in [-0.4, -0.2) is 89.8 Å². The van der Waals surface area contributed by atoms with Crippen LogP contribution in [0.5, 0.6) is 23.1 Å². The second kappa shape index (κ2) is 18.0. The number of halogens is 1. The first-order valence-corrected chi connectivity index (χ1v) is 26.4. The van der Waals surface area contributed by atoms with Crippen LogP contribution < -0.4 is 29.1 Å². The Bertz CT molecular complexity index is 2950. The first-order chi connectivity index (χ1) is 33.7. The van der Waals surface area contributed by atoms with Gasteiger partial charge >= 0.3 is 0 Å². The number of aromatic nitrogens is 2. The van der Waals surface area contributed by atoms with Crippen molar-refractivity contribution in [2.24, 2.45) is 11.3 Å². The fourth-order valence-electron chi connectivity index (χ4n) is 12.0. The lowest BCUT2D eigenvalue weighted by atomic mass is 9.59.